The molecule has 0 fully saturated rings. The molecule has 0 radical (unpaired) electrons. The molecule has 1 aliphatic heterocycles. The Balaban J connectivity index is 2.14. The van der Waals surface area contributed by atoms with Crippen LogP contribution in [-0.2, 0) is 9.84 Å². The highest BCUT2D eigenvalue weighted by atomic mass is 32.2. The van der Waals surface area contributed by atoms with Crippen LogP contribution in [0.15, 0.2) is 23.5 Å². The topological polar surface area (TPSA) is 81.6 Å². The van der Waals surface area contributed by atoms with Crippen LogP contribution >= 0.6 is 0 Å². The lowest BCUT2D eigenvalue weighted by Crippen LogP contribution is -2.26. The standard InChI is InChI=1S/C17H18FN3O4S/c1-21-9-11(13-6-12(24-2)7-14(25-3)15(13)18)5-10-8-19-17(20-16(10)21)26(4,22)23/h5-8H,9H2,1-4H3. The fraction of sp³-hybridized carbons (Fsp3) is 0.294. The number of sulfone groups is 1. The van der Waals surface area contributed by atoms with Crippen molar-refractivity contribution in [2.75, 3.05) is 39.0 Å². The molecule has 0 aliphatic carbocycles. The number of nitrogens with zero attached hydrogens (tertiary/aromatic N) is 3. The lowest BCUT2D eigenvalue weighted by Gasteiger charge is -2.27. The molecular formula is C17H18FN3O4S. The van der Waals surface area contributed by atoms with Crippen molar-refractivity contribution in [3.8, 4) is 11.5 Å². The van der Waals surface area contributed by atoms with Crippen LogP contribution in [0.2, 0.25) is 0 Å². The second kappa shape index (κ2) is 6.56. The molecule has 7 nitrogen and oxygen atoms in total. The van der Waals surface area contributed by atoms with Crippen molar-refractivity contribution in [3.63, 3.8) is 0 Å². The summed E-state index contributed by atoms with van der Waals surface area (Å²) in [4.78, 5) is 9.77. The second-order valence-electron chi connectivity index (χ2n) is 5.92. The molecule has 0 bridgehead atoms. The van der Waals surface area contributed by atoms with E-state index in [0.717, 1.165) is 6.26 Å². The van der Waals surface area contributed by atoms with Gasteiger partial charge < -0.3 is 14.4 Å². The van der Waals surface area contributed by atoms with Crippen LogP contribution in [0.25, 0.3) is 11.6 Å². The Labute approximate surface area is 151 Å². The molecule has 2 aromatic rings. The fourth-order valence-corrected chi connectivity index (χ4v) is 3.25. The predicted octanol–water partition coefficient (Wildman–Crippen LogP) is 2.03. The minimum atomic E-state index is -3.51. The number of anilines is 1. The summed E-state index contributed by atoms with van der Waals surface area (Å²) in [6.07, 6.45) is 4.21. The lowest BCUT2D eigenvalue weighted by molar-refractivity contribution is 0.373. The first kappa shape index (κ1) is 18.1. The van der Waals surface area contributed by atoms with E-state index >= 15 is 0 Å². The quantitative estimate of drug-likeness (QED) is 0.752. The van der Waals surface area contributed by atoms with Gasteiger partial charge in [-0.25, -0.2) is 22.8 Å². The molecule has 1 aromatic carbocycles. The number of likely N-dealkylation sites (N-methyl/N-ethyl adjacent to an activating group) is 1. The van der Waals surface area contributed by atoms with Gasteiger partial charge >= 0.3 is 0 Å². The van der Waals surface area contributed by atoms with E-state index in [4.69, 9.17) is 9.47 Å². The number of ether oxygens (including phenoxy) is 2. The summed E-state index contributed by atoms with van der Waals surface area (Å²) in [6.45, 7) is 0.334. The highest BCUT2D eigenvalue weighted by Gasteiger charge is 2.24. The number of benzene rings is 1. The molecule has 3 rings (SSSR count). The SMILES string of the molecule is COc1cc(OC)c(F)c(C2=Cc3cnc(S(C)(=O)=O)nc3N(C)C2)c1. The Kier molecular flexibility index (Phi) is 4.57. The van der Waals surface area contributed by atoms with Crippen molar-refractivity contribution in [2.24, 2.45) is 0 Å². The van der Waals surface area contributed by atoms with Crippen LogP contribution < -0.4 is 14.4 Å². The van der Waals surface area contributed by atoms with Crippen LogP contribution in [0, 0.1) is 5.82 Å². The van der Waals surface area contributed by atoms with Crippen molar-refractivity contribution in [1.82, 2.24) is 9.97 Å². The maximum absolute atomic E-state index is 14.7. The van der Waals surface area contributed by atoms with Gasteiger partial charge in [0.2, 0.25) is 15.0 Å². The zero-order valence-electron chi connectivity index (χ0n) is 14.8. The minimum Gasteiger partial charge on any atom is -0.497 e. The van der Waals surface area contributed by atoms with E-state index < -0.39 is 15.7 Å². The first-order valence-corrected chi connectivity index (χ1v) is 9.54. The zero-order chi connectivity index (χ0) is 19.1. The van der Waals surface area contributed by atoms with Crippen LogP contribution in [0.5, 0.6) is 11.5 Å². The van der Waals surface area contributed by atoms with Crippen molar-refractivity contribution < 1.29 is 22.3 Å². The fourth-order valence-electron chi connectivity index (χ4n) is 2.75. The molecule has 2 heterocycles. The van der Waals surface area contributed by atoms with Gasteiger partial charge in [-0.2, -0.15) is 0 Å². The number of halogens is 1. The number of rotatable bonds is 4. The molecule has 1 aliphatic rings. The van der Waals surface area contributed by atoms with Crippen LogP contribution in [0.1, 0.15) is 11.1 Å². The molecule has 138 valence electrons. The van der Waals surface area contributed by atoms with E-state index in [1.54, 1.807) is 24.1 Å². The average Bonchev–Trinajstić information content (AvgIpc) is 2.60. The highest BCUT2D eigenvalue weighted by molar-refractivity contribution is 7.90. The van der Waals surface area contributed by atoms with E-state index in [-0.39, 0.29) is 10.9 Å². The number of fused-ring (bicyclic) bond motifs is 1. The Morgan fingerprint density at radius 2 is 1.96 bits per heavy atom. The highest BCUT2D eigenvalue weighted by Crippen LogP contribution is 2.36. The molecule has 0 amide bonds. The van der Waals surface area contributed by atoms with Crippen molar-refractivity contribution in [2.45, 2.75) is 5.16 Å². The monoisotopic (exact) mass is 379 g/mol. The molecule has 0 atom stereocenters. The summed E-state index contributed by atoms with van der Waals surface area (Å²) in [5.74, 6) is 0.526. The first-order chi connectivity index (χ1) is 12.2. The normalized spacial score (nSPS) is 13.9. The van der Waals surface area contributed by atoms with Gasteiger partial charge in [-0.3, -0.25) is 0 Å². The van der Waals surface area contributed by atoms with Gasteiger partial charge in [0.1, 0.15) is 11.6 Å². The van der Waals surface area contributed by atoms with Crippen LogP contribution in [-0.4, -0.2) is 52.5 Å². The minimum absolute atomic E-state index is 0.0809. The molecular weight excluding hydrogens is 361 g/mol. The molecule has 0 N–H and O–H groups in total. The predicted molar refractivity (Wildman–Crippen MR) is 95.8 cm³/mol. The maximum atomic E-state index is 14.7. The summed E-state index contributed by atoms with van der Waals surface area (Å²) in [5.41, 5.74) is 1.61. The Morgan fingerprint density at radius 1 is 1.23 bits per heavy atom. The molecule has 0 saturated heterocycles. The summed E-state index contributed by atoms with van der Waals surface area (Å²) in [7, 11) is 1.12. The number of hydrogen-bond acceptors (Lipinski definition) is 7. The molecule has 1 aromatic heterocycles. The van der Waals surface area contributed by atoms with Gasteiger partial charge in [0.25, 0.3) is 0 Å². The Morgan fingerprint density at radius 3 is 2.58 bits per heavy atom. The van der Waals surface area contributed by atoms with Crippen LogP contribution in [0.3, 0.4) is 0 Å². The van der Waals surface area contributed by atoms with Gasteiger partial charge in [0.15, 0.2) is 11.6 Å². The van der Waals surface area contributed by atoms with Crippen molar-refractivity contribution >= 4 is 27.3 Å². The number of aromatic nitrogens is 2. The summed E-state index contributed by atoms with van der Waals surface area (Å²) < 4.78 is 48.4. The average molecular weight is 379 g/mol. The van der Waals surface area contributed by atoms with Gasteiger partial charge in [-0.15, -0.1) is 0 Å². The van der Waals surface area contributed by atoms with E-state index in [2.05, 4.69) is 9.97 Å². The molecule has 9 heteroatoms. The van der Waals surface area contributed by atoms with Crippen molar-refractivity contribution in [3.05, 3.63) is 35.3 Å². The third kappa shape index (κ3) is 3.22. The summed E-state index contributed by atoms with van der Waals surface area (Å²) >= 11 is 0. The lowest BCUT2D eigenvalue weighted by atomic mass is 9.99. The summed E-state index contributed by atoms with van der Waals surface area (Å²) in [5, 5.41) is -0.241. The Hall–Kier alpha value is -2.68. The third-order valence-electron chi connectivity index (χ3n) is 4.02. The largest absolute Gasteiger partial charge is 0.497 e. The Bertz CT molecular complexity index is 1010. The molecule has 0 unspecified atom stereocenters. The van der Waals surface area contributed by atoms with Gasteiger partial charge in [-0.05, 0) is 17.7 Å². The number of methoxy groups -OCH3 is 2. The van der Waals surface area contributed by atoms with E-state index in [9.17, 15) is 12.8 Å². The van der Waals surface area contributed by atoms with Crippen molar-refractivity contribution in [1.29, 1.82) is 0 Å². The number of hydrogen-bond donors (Lipinski definition) is 0. The molecule has 0 saturated carbocycles. The van der Waals surface area contributed by atoms with E-state index in [1.807, 2.05) is 0 Å². The first-order valence-electron chi connectivity index (χ1n) is 7.65. The van der Waals surface area contributed by atoms with Crippen LogP contribution in [0.4, 0.5) is 10.2 Å². The smallest absolute Gasteiger partial charge is 0.248 e. The maximum Gasteiger partial charge on any atom is 0.248 e. The molecule has 0 spiro atoms. The third-order valence-corrected chi connectivity index (χ3v) is 4.88. The van der Waals surface area contributed by atoms with E-state index in [1.165, 1.54) is 26.5 Å². The van der Waals surface area contributed by atoms with Gasteiger partial charge in [0.05, 0.1) is 14.2 Å². The van der Waals surface area contributed by atoms with E-state index in [0.29, 0.717) is 34.8 Å². The second-order valence-corrected chi connectivity index (χ2v) is 7.83. The van der Waals surface area contributed by atoms with Gasteiger partial charge in [-0.1, -0.05) is 0 Å². The zero-order valence-corrected chi connectivity index (χ0v) is 15.6. The van der Waals surface area contributed by atoms with Gasteiger partial charge in [0, 0.05) is 43.2 Å². The molecule has 26 heavy (non-hydrogen) atoms. The summed E-state index contributed by atoms with van der Waals surface area (Å²) in [6, 6.07) is 3.07.